The van der Waals surface area contributed by atoms with Crippen molar-refractivity contribution in [3.8, 4) is 11.3 Å². The Balaban J connectivity index is 2.66. The van der Waals surface area contributed by atoms with Gasteiger partial charge in [-0.3, -0.25) is 4.79 Å². The van der Waals surface area contributed by atoms with Crippen LogP contribution in [0.3, 0.4) is 0 Å². The van der Waals surface area contributed by atoms with Gasteiger partial charge in [0, 0.05) is 19.5 Å². The van der Waals surface area contributed by atoms with Crippen molar-refractivity contribution in [2.75, 3.05) is 0 Å². The molecule has 0 spiro atoms. The van der Waals surface area contributed by atoms with E-state index in [0.29, 0.717) is 11.3 Å². The van der Waals surface area contributed by atoms with Crippen LogP contribution in [-0.4, -0.2) is 20.8 Å². The molecule has 0 radical (unpaired) electrons. The van der Waals surface area contributed by atoms with Gasteiger partial charge in [-0.15, -0.1) is 5.10 Å². The van der Waals surface area contributed by atoms with E-state index in [2.05, 4.69) is 10.3 Å². The summed E-state index contributed by atoms with van der Waals surface area (Å²) in [7, 11) is 1.61. The third-order valence-corrected chi connectivity index (χ3v) is 2.29. The molecule has 82 valence electrons. The van der Waals surface area contributed by atoms with Crippen LogP contribution in [0.4, 0.5) is 4.39 Å². The standard InChI is InChI=1S/C11H10FN3O/c1-7(16)11-10(13-14-15(11)2)8-5-3-4-6-9(8)12/h3-6H,1-2H3. The van der Waals surface area contributed by atoms with E-state index in [1.807, 2.05) is 0 Å². The van der Waals surface area contributed by atoms with Gasteiger partial charge in [-0.25, -0.2) is 9.07 Å². The molecule has 5 heteroatoms. The third-order valence-electron chi connectivity index (χ3n) is 2.29. The van der Waals surface area contributed by atoms with E-state index >= 15 is 0 Å². The highest BCUT2D eigenvalue weighted by Gasteiger charge is 2.18. The number of carbonyl (C=O) groups excluding carboxylic acids is 1. The average molecular weight is 219 g/mol. The minimum Gasteiger partial charge on any atom is -0.293 e. The second-order valence-corrected chi connectivity index (χ2v) is 3.45. The number of aromatic nitrogens is 3. The molecule has 0 unspecified atom stereocenters. The van der Waals surface area contributed by atoms with Crippen molar-refractivity contribution in [1.29, 1.82) is 0 Å². The summed E-state index contributed by atoms with van der Waals surface area (Å²) in [5, 5.41) is 7.55. The lowest BCUT2D eigenvalue weighted by atomic mass is 10.1. The zero-order chi connectivity index (χ0) is 11.7. The van der Waals surface area contributed by atoms with Gasteiger partial charge in [0.25, 0.3) is 0 Å². The molecular formula is C11H10FN3O. The maximum atomic E-state index is 13.5. The normalized spacial score (nSPS) is 10.4. The van der Waals surface area contributed by atoms with Gasteiger partial charge in [0.1, 0.15) is 17.2 Å². The lowest BCUT2D eigenvalue weighted by Gasteiger charge is -2.01. The van der Waals surface area contributed by atoms with Crippen LogP contribution < -0.4 is 0 Å². The number of rotatable bonds is 2. The summed E-state index contributed by atoms with van der Waals surface area (Å²) in [6, 6.07) is 6.18. The fraction of sp³-hybridized carbons (Fsp3) is 0.182. The van der Waals surface area contributed by atoms with E-state index in [4.69, 9.17) is 0 Å². The Morgan fingerprint density at radius 2 is 2.06 bits per heavy atom. The number of halogens is 1. The van der Waals surface area contributed by atoms with E-state index in [1.165, 1.54) is 17.7 Å². The van der Waals surface area contributed by atoms with Gasteiger partial charge in [0.15, 0.2) is 5.78 Å². The number of carbonyl (C=O) groups is 1. The Morgan fingerprint density at radius 3 is 2.69 bits per heavy atom. The first-order chi connectivity index (χ1) is 7.61. The molecular weight excluding hydrogens is 209 g/mol. The molecule has 4 nitrogen and oxygen atoms in total. The maximum Gasteiger partial charge on any atom is 0.180 e. The number of Topliss-reactive ketones (excluding diaryl/α,β-unsaturated/α-hetero) is 1. The Kier molecular flexibility index (Phi) is 2.52. The monoisotopic (exact) mass is 219 g/mol. The Hall–Kier alpha value is -2.04. The average Bonchev–Trinajstić information content (AvgIpc) is 2.61. The fourth-order valence-electron chi connectivity index (χ4n) is 1.59. The minimum absolute atomic E-state index is 0.189. The molecule has 16 heavy (non-hydrogen) atoms. The fourth-order valence-corrected chi connectivity index (χ4v) is 1.59. The molecule has 1 heterocycles. The summed E-state index contributed by atoms with van der Waals surface area (Å²) in [6.07, 6.45) is 0. The number of nitrogens with zero attached hydrogens (tertiary/aromatic N) is 3. The minimum atomic E-state index is -0.412. The molecule has 0 fully saturated rings. The van der Waals surface area contributed by atoms with Crippen molar-refractivity contribution < 1.29 is 9.18 Å². The second kappa shape index (κ2) is 3.84. The van der Waals surface area contributed by atoms with Gasteiger partial charge in [0.05, 0.1) is 0 Å². The van der Waals surface area contributed by atoms with Crippen LogP contribution in [0.1, 0.15) is 17.4 Å². The predicted octanol–water partition coefficient (Wildman–Crippen LogP) is 1.82. The quantitative estimate of drug-likeness (QED) is 0.724. The molecule has 0 saturated carbocycles. The molecule has 0 atom stereocenters. The summed E-state index contributed by atoms with van der Waals surface area (Å²) < 4.78 is 14.9. The van der Waals surface area contributed by atoms with Crippen molar-refractivity contribution in [2.45, 2.75) is 6.92 Å². The third kappa shape index (κ3) is 1.60. The summed E-state index contributed by atoms with van der Waals surface area (Å²) >= 11 is 0. The van der Waals surface area contributed by atoms with E-state index in [-0.39, 0.29) is 11.5 Å². The molecule has 1 aromatic carbocycles. The van der Waals surface area contributed by atoms with Crippen LogP contribution in [0.25, 0.3) is 11.3 Å². The second-order valence-electron chi connectivity index (χ2n) is 3.45. The van der Waals surface area contributed by atoms with E-state index in [0.717, 1.165) is 0 Å². The van der Waals surface area contributed by atoms with Crippen molar-refractivity contribution in [3.05, 3.63) is 35.8 Å². The zero-order valence-electron chi connectivity index (χ0n) is 8.94. The van der Waals surface area contributed by atoms with Crippen LogP contribution in [0.2, 0.25) is 0 Å². The SMILES string of the molecule is CC(=O)c1c(-c2ccccc2F)nnn1C. The first kappa shape index (κ1) is 10.5. The first-order valence-electron chi connectivity index (χ1n) is 4.76. The van der Waals surface area contributed by atoms with Crippen molar-refractivity contribution in [2.24, 2.45) is 7.05 Å². The number of hydrogen-bond donors (Lipinski definition) is 0. The first-order valence-corrected chi connectivity index (χ1v) is 4.76. The van der Waals surface area contributed by atoms with Gasteiger partial charge in [-0.05, 0) is 12.1 Å². The highest BCUT2D eigenvalue weighted by atomic mass is 19.1. The van der Waals surface area contributed by atoms with Crippen molar-refractivity contribution in [3.63, 3.8) is 0 Å². The smallest absolute Gasteiger partial charge is 0.180 e. The zero-order valence-corrected chi connectivity index (χ0v) is 8.94. The van der Waals surface area contributed by atoms with Gasteiger partial charge in [0.2, 0.25) is 0 Å². The van der Waals surface area contributed by atoms with Crippen LogP contribution in [0.5, 0.6) is 0 Å². The van der Waals surface area contributed by atoms with Crippen LogP contribution in [0.15, 0.2) is 24.3 Å². The highest BCUT2D eigenvalue weighted by molar-refractivity contribution is 5.98. The molecule has 0 aliphatic rings. The molecule has 0 amide bonds. The molecule has 2 aromatic rings. The van der Waals surface area contributed by atoms with E-state index in [1.54, 1.807) is 25.2 Å². The predicted molar refractivity (Wildman–Crippen MR) is 56.4 cm³/mol. The van der Waals surface area contributed by atoms with Crippen LogP contribution in [-0.2, 0) is 7.05 Å². The largest absolute Gasteiger partial charge is 0.293 e. The number of hydrogen-bond acceptors (Lipinski definition) is 3. The lowest BCUT2D eigenvalue weighted by molar-refractivity contribution is 0.100. The molecule has 2 rings (SSSR count). The molecule has 0 aliphatic carbocycles. The number of benzene rings is 1. The van der Waals surface area contributed by atoms with E-state index < -0.39 is 5.82 Å². The van der Waals surface area contributed by atoms with Crippen LogP contribution in [0, 0.1) is 5.82 Å². The summed E-state index contributed by atoms with van der Waals surface area (Å²) in [5.41, 5.74) is 0.888. The Bertz CT molecular complexity index is 548. The molecule has 0 bridgehead atoms. The highest BCUT2D eigenvalue weighted by Crippen LogP contribution is 2.23. The summed E-state index contributed by atoms with van der Waals surface area (Å²) in [4.78, 5) is 11.4. The van der Waals surface area contributed by atoms with Gasteiger partial charge in [-0.1, -0.05) is 17.3 Å². The Morgan fingerprint density at radius 1 is 1.38 bits per heavy atom. The topological polar surface area (TPSA) is 47.8 Å². The lowest BCUT2D eigenvalue weighted by Crippen LogP contribution is -2.04. The summed E-state index contributed by atoms with van der Waals surface area (Å²) in [5.74, 6) is -0.601. The number of ketones is 1. The van der Waals surface area contributed by atoms with E-state index in [9.17, 15) is 9.18 Å². The van der Waals surface area contributed by atoms with Gasteiger partial charge < -0.3 is 0 Å². The molecule has 0 N–H and O–H groups in total. The molecule has 0 aliphatic heterocycles. The van der Waals surface area contributed by atoms with Gasteiger partial charge in [-0.2, -0.15) is 0 Å². The Labute approximate surface area is 91.7 Å². The number of aryl methyl sites for hydroxylation is 1. The summed E-state index contributed by atoms with van der Waals surface area (Å²) in [6.45, 7) is 1.41. The van der Waals surface area contributed by atoms with Crippen LogP contribution >= 0.6 is 0 Å². The maximum absolute atomic E-state index is 13.5. The van der Waals surface area contributed by atoms with Crippen molar-refractivity contribution in [1.82, 2.24) is 15.0 Å². The van der Waals surface area contributed by atoms with Crippen molar-refractivity contribution >= 4 is 5.78 Å². The van der Waals surface area contributed by atoms with Gasteiger partial charge >= 0.3 is 0 Å². The molecule has 0 saturated heterocycles. The molecule has 1 aromatic heterocycles.